The lowest BCUT2D eigenvalue weighted by Crippen LogP contribution is -2.43. The molecule has 0 radical (unpaired) electrons. The molecular formula is C20H27NO2. The van der Waals surface area contributed by atoms with Crippen molar-refractivity contribution < 1.29 is 9.47 Å². The molecule has 124 valence electrons. The number of rotatable bonds is 4. The molecule has 0 aromatic heterocycles. The number of ether oxygens (including phenoxy) is 2. The van der Waals surface area contributed by atoms with Crippen LogP contribution in [0.2, 0.25) is 0 Å². The average molecular weight is 313 g/mol. The summed E-state index contributed by atoms with van der Waals surface area (Å²) in [5.41, 5.74) is 2.40. The van der Waals surface area contributed by atoms with Crippen LogP contribution in [0.5, 0.6) is 0 Å². The fourth-order valence-electron chi connectivity index (χ4n) is 3.31. The van der Waals surface area contributed by atoms with Crippen LogP contribution in [-0.2, 0) is 9.47 Å². The second-order valence-electron chi connectivity index (χ2n) is 6.48. The van der Waals surface area contributed by atoms with Gasteiger partial charge in [-0.1, -0.05) is 24.8 Å². The Bertz CT molecular complexity index is 560. The quantitative estimate of drug-likeness (QED) is 0.793. The maximum absolute atomic E-state index is 6.19. The van der Waals surface area contributed by atoms with E-state index in [0.717, 1.165) is 50.8 Å². The normalized spacial score (nSPS) is 24.7. The second kappa shape index (κ2) is 7.86. The van der Waals surface area contributed by atoms with Crippen molar-refractivity contribution in [1.82, 2.24) is 0 Å². The third-order valence-electron chi connectivity index (χ3n) is 4.83. The maximum Gasteiger partial charge on any atom is 0.0628 e. The minimum Gasteiger partial charge on any atom is -0.381 e. The Balaban J connectivity index is 1.49. The van der Waals surface area contributed by atoms with Crippen molar-refractivity contribution in [2.24, 2.45) is 0 Å². The van der Waals surface area contributed by atoms with Gasteiger partial charge in [-0.3, -0.25) is 0 Å². The van der Waals surface area contributed by atoms with Crippen molar-refractivity contribution in [3.8, 4) is 11.8 Å². The molecule has 0 atom stereocenters. The summed E-state index contributed by atoms with van der Waals surface area (Å²) < 4.78 is 11.5. The molecule has 1 aromatic carbocycles. The Hall–Kier alpha value is -1.50. The van der Waals surface area contributed by atoms with Gasteiger partial charge in [0.25, 0.3) is 0 Å². The van der Waals surface area contributed by atoms with Crippen LogP contribution in [0.1, 0.15) is 44.6 Å². The van der Waals surface area contributed by atoms with Gasteiger partial charge in [-0.2, -0.15) is 0 Å². The molecule has 1 saturated heterocycles. The molecule has 2 aliphatic rings. The van der Waals surface area contributed by atoms with Gasteiger partial charge in [-0.25, -0.2) is 0 Å². The summed E-state index contributed by atoms with van der Waals surface area (Å²) in [6.07, 6.45) is 6.51. The Kier molecular flexibility index (Phi) is 5.59. The number of benzene rings is 1. The highest BCUT2D eigenvalue weighted by Crippen LogP contribution is 2.30. The number of anilines is 1. The fourth-order valence-corrected chi connectivity index (χ4v) is 3.31. The molecule has 2 fully saturated rings. The third kappa shape index (κ3) is 4.28. The molecule has 0 N–H and O–H groups in total. The minimum absolute atomic E-state index is 0.414. The second-order valence-corrected chi connectivity index (χ2v) is 6.48. The van der Waals surface area contributed by atoms with Gasteiger partial charge in [0.1, 0.15) is 0 Å². The van der Waals surface area contributed by atoms with E-state index < -0.39 is 0 Å². The molecule has 0 unspecified atom stereocenters. The van der Waals surface area contributed by atoms with Gasteiger partial charge in [0.05, 0.1) is 18.3 Å². The Labute approximate surface area is 140 Å². The molecule has 3 rings (SSSR count). The molecule has 23 heavy (non-hydrogen) atoms. The van der Waals surface area contributed by atoms with E-state index in [0.29, 0.717) is 18.3 Å². The first-order valence-electron chi connectivity index (χ1n) is 8.80. The summed E-state index contributed by atoms with van der Waals surface area (Å²) in [6, 6.07) is 8.59. The first kappa shape index (κ1) is 16.4. The fraction of sp³-hybridized carbons (Fsp3) is 0.600. The third-order valence-corrected chi connectivity index (χ3v) is 4.83. The lowest BCUT2D eigenvalue weighted by Gasteiger charge is -2.40. The van der Waals surface area contributed by atoms with Crippen molar-refractivity contribution in [2.45, 2.75) is 57.3 Å². The summed E-state index contributed by atoms with van der Waals surface area (Å²) in [4.78, 5) is 2.45. The SMILES string of the molecule is CCC#Cc1cccc(N2CCC(OC3CC(OC)C3)CC2)c1. The largest absolute Gasteiger partial charge is 0.381 e. The summed E-state index contributed by atoms with van der Waals surface area (Å²) in [5, 5.41) is 0. The first-order valence-corrected chi connectivity index (χ1v) is 8.80. The molecule has 0 spiro atoms. The van der Waals surface area contributed by atoms with Gasteiger partial charge in [0, 0.05) is 37.9 Å². The standard InChI is InChI=1S/C20H27NO2/c1-3-4-6-16-7-5-8-17(13-16)21-11-9-18(10-12-21)23-20-14-19(15-20)22-2/h5,7-8,13,18-20H,3,9-12,14-15H2,1-2H3. The van der Waals surface area contributed by atoms with Gasteiger partial charge in [0.15, 0.2) is 0 Å². The highest BCUT2D eigenvalue weighted by molar-refractivity contribution is 5.52. The number of piperidine rings is 1. The topological polar surface area (TPSA) is 21.7 Å². The van der Waals surface area contributed by atoms with Crippen LogP contribution < -0.4 is 4.90 Å². The van der Waals surface area contributed by atoms with Crippen molar-refractivity contribution in [2.75, 3.05) is 25.1 Å². The molecule has 1 heterocycles. The van der Waals surface area contributed by atoms with Crippen LogP contribution in [0.25, 0.3) is 0 Å². The number of hydrogen-bond acceptors (Lipinski definition) is 3. The van der Waals surface area contributed by atoms with E-state index in [4.69, 9.17) is 9.47 Å². The molecular weight excluding hydrogens is 286 g/mol. The maximum atomic E-state index is 6.19. The molecule has 1 aliphatic heterocycles. The smallest absolute Gasteiger partial charge is 0.0628 e. The predicted octanol–water partition coefficient (Wildman–Crippen LogP) is 3.61. The van der Waals surface area contributed by atoms with Crippen LogP contribution in [0.4, 0.5) is 5.69 Å². The predicted molar refractivity (Wildman–Crippen MR) is 93.8 cm³/mol. The number of methoxy groups -OCH3 is 1. The molecule has 1 aliphatic carbocycles. The van der Waals surface area contributed by atoms with Crippen LogP contribution in [-0.4, -0.2) is 38.5 Å². The van der Waals surface area contributed by atoms with Crippen LogP contribution in [0, 0.1) is 11.8 Å². The van der Waals surface area contributed by atoms with Crippen molar-refractivity contribution in [3.63, 3.8) is 0 Å². The Morgan fingerprint density at radius 3 is 2.61 bits per heavy atom. The number of nitrogens with zero attached hydrogens (tertiary/aromatic N) is 1. The van der Waals surface area contributed by atoms with E-state index in [2.05, 4.69) is 47.9 Å². The van der Waals surface area contributed by atoms with E-state index >= 15 is 0 Å². The van der Waals surface area contributed by atoms with E-state index in [-0.39, 0.29) is 0 Å². The molecule has 3 nitrogen and oxygen atoms in total. The van der Waals surface area contributed by atoms with Crippen molar-refractivity contribution in [1.29, 1.82) is 0 Å². The lowest BCUT2D eigenvalue weighted by atomic mass is 9.91. The van der Waals surface area contributed by atoms with Gasteiger partial charge in [-0.15, -0.1) is 0 Å². The van der Waals surface area contributed by atoms with Gasteiger partial charge in [0.2, 0.25) is 0 Å². The van der Waals surface area contributed by atoms with Gasteiger partial charge < -0.3 is 14.4 Å². The zero-order valence-corrected chi connectivity index (χ0v) is 14.3. The molecule has 0 amide bonds. The van der Waals surface area contributed by atoms with E-state index in [1.165, 1.54) is 5.69 Å². The Morgan fingerprint density at radius 2 is 1.91 bits per heavy atom. The molecule has 3 heteroatoms. The summed E-state index contributed by atoms with van der Waals surface area (Å²) >= 11 is 0. The van der Waals surface area contributed by atoms with Gasteiger partial charge >= 0.3 is 0 Å². The monoisotopic (exact) mass is 313 g/mol. The van der Waals surface area contributed by atoms with E-state index in [9.17, 15) is 0 Å². The van der Waals surface area contributed by atoms with Crippen LogP contribution >= 0.6 is 0 Å². The summed E-state index contributed by atoms with van der Waals surface area (Å²) in [6.45, 7) is 4.21. The molecule has 1 aromatic rings. The van der Waals surface area contributed by atoms with Crippen LogP contribution in [0.15, 0.2) is 24.3 Å². The highest BCUT2D eigenvalue weighted by atomic mass is 16.5. The summed E-state index contributed by atoms with van der Waals surface area (Å²) in [5.74, 6) is 6.37. The van der Waals surface area contributed by atoms with Crippen LogP contribution in [0.3, 0.4) is 0 Å². The molecule has 0 bridgehead atoms. The highest BCUT2D eigenvalue weighted by Gasteiger charge is 2.32. The Morgan fingerprint density at radius 1 is 1.13 bits per heavy atom. The van der Waals surface area contributed by atoms with Crippen molar-refractivity contribution in [3.05, 3.63) is 29.8 Å². The van der Waals surface area contributed by atoms with Crippen molar-refractivity contribution >= 4 is 5.69 Å². The number of hydrogen-bond donors (Lipinski definition) is 0. The summed E-state index contributed by atoms with van der Waals surface area (Å²) in [7, 11) is 1.79. The van der Waals surface area contributed by atoms with E-state index in [1.807, 2.05) is 0 Å². The van der Waals surface area contributed by atoms with Gasteiger partial charge in [-0.05, 0) is 43.9 Å². The zero-order chi connectivity index (χ0) is 16.1. The molecule has 1 saturated carbocycles. The zero-order valence-electron chi connectivity index (χ0n) is 14.3. The lowest BCUT2D eigenvalue weighted by molar-refractivity contribution is -0.119. The first-order chi connectivity index (χ1) is 11.3. The minimum atomic E-state index is 0.414. The average Bonchev–Trinajstić information content (AvgIpc) is 2.56. The van der Waals surface area contributed by atoms with E-state index in [1.54, 1.807) is 7.11 Å².